The summed E-state index contributed by atoms with van der Waals surface area (Å²) in [6.45, 7) is 0. The second-order valence-corrected chi connectivity index (χ2v) is 3.53. The van der Waals surface area contributed by atoms with Crippen molar-refractivity contribution in [2.75, 3.05) is 0 Å². The van der Waals surface area contributed by atoms with Crippen LogP contribution in [0, 0.1) is 0 Å². The SMILES string of the molecule is O=[C]Cc1scc2ccccc12. The smallest absolute Gasteiger partial charge is 0.203 e. The molecule has 1 nitrogen and oxygen atoms in total. The van der Waals surface area contributed by atoms with Gasteiger partial charge in [0.1, 0.15) is 0 Å². The van der Waals surface area contributed by atoms with Crippen LogP contribution in [0.1, 0.15) is 4.88 Å². The molecule has 2 aromatic rings. The summed E-state index contributed by atoms with van der Waals surface area (Å²) in [5.74, 6) is 0. The van der Waals surface area contributed by atoms with Gasteiger partial charge in [0.15, 0.2) is 0 Å². The molecule has 0 bridgehead atoms. The first-order chi connectivity index (χ1) is 5.92. The summed E-state index contributed by atoms with van der Waals surface area (Å²) in [6, 6.07) is 8.09. The lowest BCUT2D eigenvalue weighted by atomic mass is 10.2. The first-order valence-corrected chi connectivity index (χ1v) is 4.60. The molecule has 0 aliphatic rings. The number of carbonyl (C=O) groups excluding carboxylic acids is 1. The Kier molecular flexibility index (Phi) is 1.92. The molecule has 2 heteroatoms. The van der Waals surface area contributed by atoms with Crippen molar-refractivity contribution in [1.82, 2.24) is 0 Å². The van der Waals surface area contributed by atoms with Gasteiger partial charge >= 0.3 is 0 Å². The number of hydrogen-bond acceptors (Lipinski definition) is 2. The quantitative estimate of drug-likeness (QED) is 0.685. The second kappa shape index (κ2) is 3.07. The second-order valence-electron chi connectivity index (χ2n) is 2.57. The molecule has 1 heterocycles. The maximum absolute atomic E-state index is 10.2. The van der Waals surface area contributed by atoms with Crippen molar-refractivity contribution < 1.29 is 4.79 Å². The van der Waals surface area contributed by atoms with Crippen LogP contribution in [-0.2, 0) is 11.2 Å². The number of thiophene rings is 1. The maximum Gasteiger partial charge on any atom is 0.203 e. The summed E-state index contributed by atoms with van der Waals surface area (Å²) < 4.78 is 0. The Morgan fingerprint density at radius 3 is 3.00 bits per heavy atom. The minimum Gasteiger partial charge on any atom is -0.290 e. The van der Waals surface area contributed by atoms with Crippen molar-refractivity contribution in [3.63, 3.8) is 0 Å². The molecule has 59 valence electrons. The van der Waals surface area contributed by atoms with Crippen LogP contribution < -0.4 is 0 Å². The average molecular weight is 175 g/mol. The molecule has 2 rings (SSSR count). The molecule has 0 unspecified atom stereocenters. The zero-order valence-electron chi connectivity index (χ0n) is 6.41. The Bertz CT molecular complexity index is 403. The molecule has 1 aromatic carbocycles. The summed E-state index contributed by atoms with van der Waals surface area (Å²) in [5.41, 5.74) is 0. The van der Waals surface area contributed by atoms with Crippen molar-refractivity contribution in [3.05, 3.63) is 34.5 Å². The van der Waals surface area contributed by atoms with Crippen molar-refractivity contribution in [2.45, 2.75) is 6.42 Å². The van der Waals surface area contributed by atoms with Gasteiger partial charge in [0, 0.05) is 11.3 Å². The van der Waals surface area contributed by atoms with Gasteiger partial charge in [0.25, 0.3) is 0 Å². The highest BCUT2D eigenvalue weighted by Crippen LogP contribution is 2.25. The zero-order chi connectivity index (χ0) is 8.39. The van der Waals surface area contributed by atoms with Crippen LogP contribution in [0.2, 0.25) is 0 Å². The third kappa shape index (κ3) is 1.14. The lowest BCUT2D eigenvalue weighted by Gasteiger charge is -1.90. The summed E-state index contributed by atoms with van der Waals surface area (Å²) in [4.78, 5) is 11.3. The van der Waals surface area contributed by atoms with Crippen LogP contribution in [0.25, 0.3) is 10.8 Å². The third-order valence-corrected chi connectivity index (χ3v) is 2.84. The highest BCUT2D eigenvalue weighted by Gasteiger charge is 2.01. The van der Waals surface area contributed by atoms with E-state index in [-0.39, 0.29) is 0 Å². The van der Waals surface area contributed by atoms with Gasteiger partial charge in [-0.2, -0.15) is 0 Å². The van der Waals surface area contributed by atoms with Crippen LogP contribution >= 0.6 is 11.3 Å². The number of hydrogen-bond donors (Lipinski definition) is 0. The fourth-order valence-electron chi connectivity index (χ4n) is 1.25. The first-order valence-electron chi connectivity index (χ1n) is 3.72. The van der Waals surface area contributed by atoms with E-state index in [1.165, 1.54) is 10.8 Å². The molecular formula is C10H7OS. The Morgan fingerprint density at radius 2 is 2.17 bits per heavy atom. The van der Waals surface area contributed by atoms with Gasteiger partial charge in [-0.1, -0.05) is 24.3 Å². The summed E-state index contributed by atoms with van der Waals surface area (Å²) in [6.07, 6.45) is 2.34. The highest BCUT2D eigenvalue weighted by molar-refractivity contribution is 7.11. The zero-order valence-corrected chi connectivity index (χ0v) is 7.23. The molecule has 0 aliphatic heterocycles. The van der Waals surface area contributed by atoms with Gasteiger partial charge in [-0.05, 0) is 16.2 Å². The molecule has 0 N–H and O–H groups in total. The largest absolute Gasteiger partial charge is 0.290 e. The fraction of sp³-hybridized carbons (Fsp3) is 0.100. The van der Waals surface area contributed by atoms with Crippen LogP contribution in [0.3, 0.4) is 0 Å². The van der Waals surface area contributed by atoms with Crippen molar-refractivity contribution in [3.8, 4) is 0 Å². The number of fused-ring (bicyclic) bond motifs is 1. The Balaban J connectivity index is 2.62. The van der Waals surface area contributed by atoms with Crippen LogP contribution in [0.15, 0.2) is 29.6 Å². The Labute approximate surface area is 74.6 Å². The molecule has 0 amide bonds. The van der Waals surface area contributed by atoms with E-state index in [1.807, 2.05) is 24.5 Å². The minimum atomic E-state index is 0.415. The molecule has 1 aromatic heterocycles. The van der Waals surface area contributed by atoms with Crippen molar-refractivity contribution >= 4 is 28.4 Å². The Hall–Kier alpha value is -1.15. The molecule has 12 heavy (non-hydrogen) atoms. The number of benzene rings is 1. The van der Waals surface area contributed by atoms with Gasteiger partial charge < -0.3 is 0 Å². The van der Waals surface area contributed by atoms with Gasteiger partial charge in [-0.25, -0.2) is 0 Å². The van der Waals surface area contributed by atoms with E-state index in [9.17, 15) is 4.79 Å². The predicted octanol–water partition coefficient (Wildman–Crippen LogP) is 2.55. The lowest BCUT2D eigenvalue weighted by molar-refractivity contribution is 0.555. The highest BCUT2D eigenvalue weighted by atomic mass is 32.1. The topological polar surface area (TPSA) is 17.1 Å². The van der Waals surface area contributed by atoms with E-state index in [0.717, 1.165) is 4.88 Å². The van der Waals surface area contributed by atoms with Gasteiger partial charge in [0.2, 0.25) is 6.29 Å². The predicted molar refractivity (Wildman–Crippen MR) is 51.2 cm³/mol. The van der Waals surface area contributed by atoms with Gasteiger partial charge in [0.05, 0.1) is 0 Å². The Morgan fingerprint density at radius 1 is 1.33 bits per heavy atom. The molecule has 0 saturated carbocycles. The van der Waals surface area contributed by atoms with E-state index in [1.54, 1.807) is 11.3 Å². The maximum atomic E-state index is 10.2. The normalized spacial score (nSPS) is 10.3. The lowest BCUT2D eigenvalue weighted by Crippen LogP contribution is -1.79. The minimum absolute atomic E-state index is 0.415. The van der Waals surface area contributed by atoms with Crippen molar-refractivity contribution in [2.24, 2.45) is 0 Å². The van der Waals surface area contributed by atoms with E-state index < -0.39 is 0 Å². The molecule has 0 spiro atoms. The van der Waals surface area contributed by atoms with Gasteiger partial charge in [-0.3, -0.25) is 4.79 Å². The fourth-order valence-corrected chi connectivity index (χ4v) is 2.18. The average Bonchev–Trinajstić information content (AvgIpc) is 2.50. The summed E-state index contributed by atoms with van der Waals surface area (Å²) in [5, 5.41) is 4.47. The standard InChI is InChI=1S/C10H7OS/c11-6-5-10-9-4-2-1-3-8(9)7-12-10/h1-4,7H,5H2. The molecule has 0 aliphatic carbocycles. The molecule has 1 radical (unpaired) electrons. The van der Waals surface area contributed by atoms with Crippen molar-refractivity contribution in [1.29, 1.82) is 0 Å². The summed E-state index contributed by atoms with van der Waals surface area (Å²) >= 11 is 1.62. The van der Waals surface area contributed by atoms with E-state index in [4.69, 9.17) is 0 Å². The van der Waals surface area contributed by atoms with E-state index in [0.29, 0.717) is 6.42 Å². The van der Waals surface area contributed by atoms with E-state index in [2.05, 4.69) is 11.4 Å². The third-order valence-electron chi connectivity index (χ3n) is 1.82. The van der Waals surface area contributed by atoms with Gasteiger partial charge in [-0.15, -0.1) is 11.3 Å². The molecule has 0 fully saturated rings. The van der Waals surface area contributed by atoms with Crippen LogP contribution in [-0.4, -0.2) is 6.29 Å². The molecule has 0 saturated heterocycles. The van der Waals surface area contributed by atoms with Crippen LogP contribution in [0.5, 0.6) is 0 Å². The van der Waals surface area contributed by atoms with E-state index >= 15 is 0 Å². The molecular weight excluding hydrogens is 168 g/mol. The summed E-state index contributed by atoms with van der Waals surface area (Å²) in [7, 11) is 0. The molecule has 0 atom stereocenters. The number of rotatable bonds is 2. The van der Waals surface area contributed by atoms with Crippen LogP contribution in [0.4, 0.5) is 0 Å². The first kappa shape index (κ1) is 7.50. The monoisotopic (exact) mass is 175 g/mol.